The van der Waals surface area contributed by atoms with E-state index in [1.165, 1.54) is 18.3 Å². The van der Waals surface area contributed by atoms with Crippen molar-refractivity contribution in [2.24, 2.45) is 0 Å². The molecule has 0 radical (unpaired) electrons. The lowest BCUT2D eigenvalue weighted by molar-refractivity contribution is -0.384. The summed E-state index contributed by atoms with van der Waals surface area (Å²) >= 11 is 0. The van der Waals surface area contributed by atoms with E-state index in [0.29, 0.717) is 0 Å². The van der Waals surface area contributed by atoms with Crippen LogP contribution in [0.1, 0.15) is 19.5 Å². The van der Waals surface area contributed by atoms with Gasteiger partial charge in [-0.1, -0.05) is 13.8 Å². The largest absolute Gasteiger partial charge is 0.471 e. The van der Waals surface area contributed by atoms with Crippen molar-refractivity contribution in [2.75, 3.05) is 11.9 Å². The molecule has 8 nitrogen and oxygen atoms in total. The second kappa shape index (κ2) is 9.31. The average Bonchev–Trinajstić information content (AvgIpc) is 2.67. The zero-order valence-electron chi connectivity index (χ0n) is 15.0. The van der Waals surface area contributed by atoms with Gasteiger partial charge in [0, 0.05) is 19.3 Å². The molecule has 0 N–H and O–H groups in total. The van der Waals surface area contributed by atoms with Gasteiger partial charge >= 0.3 is 12.1 Å². The number of nitriles is 1. The van der Waals surface area contributed by atoms with Gasteiger partial charge in [0.1, 0.15) is 28.9 Å². The number of rotatable bonds is 4. The summed E-state index contributed by atoms with van der Waals surface area (Å²) < 4.78 is 43.0. The summed E-state index contributed by atoms with van der Waals surface area (Å²) in [4.78, 5) is 25.4. The third kappa shape index (κ3) is 5.41. The summed E-state index contributed by atoms with van der Waals surface area (Å²) in [5.41, 5.74) is -1.25. The summed E-state index contributed by atoms with van der Waals surface area (Å²) in [5.74, 6) is -2.16. The van der Waals surface area contributed by atoms with Crippen LogP contribution in [0.4, 0.5) is 24.5 Å². The van der Waals surface area contributed by atoms with E-state index in [1.54, 1.807) is 6.07 Å². The fourth-order valence-corrected chi connectivity index (χ4v) is 1.97. The topological polar surface area (TPSA) is 109 Å². The van der Waals surface area contributed by atoms with Crippen molar-refractivity contribution in [3.05, 3.63) is 52.3 Å². The maximum atomic E-state index is 12.5. The highest BCUT2D eigenvalue weighted by Crippen LogP contribution is 2.35. The zero-order valence-corrected chi connectivity index (χ0v) is 15.0. The number of nitro groups is 1. The van der Waals surface area contributed by atoms with E-state index < -0.39 is 28.4 Å². The number of alkyl halides is 3. The van der Waals surface area contributed by atoms with Gasteiger partial charge in [0.15, 0.2) is 0 Å². The van der Waals surface area contributed by atoms with Crippen molar-refractivity contribution in [3.63, 3.8) is 0 Å². The molecule has 1 heterocycles. The molecular formula is C17H15F3N4O4. The molecule has 0 saturated heterocycles. The molecule has 28 heavy (non-hydrogen) atoms. The van der Waals surface area contributed by atoms with E-state index in [0.717, 1.165) is 25.2 Å². The SMILES string of the molecule is CC.CN(C(=O)C(F)(F)F)c1ccc(Oc2ccnc(C#N)c2)cc1[N+](=O)[O-]. The number of carbonyl (C=O) groups is 1. The van der Waals surface area contributed by atoms with Crippen molar-refractivity contribution in [3.8, 4) is 17.6 Å². The van der Waals surface area contributed by atoms with Gasteiger partial charge in [-0.15, -0.1) is 0 Å². The maximum absolute atomic E-state index is 12.5. The number of aromatic nitrogens is 1. The molecule has 1 aromatic carbocycles. The van der Waals surface area contributed by atoms with Gasteiger partial charge in [-0.05, 0) is 18.2 Å². The highest BCUT2D eigenvalue weighted by molar-refractivity contribution is 5.98. The smallest absolute Gasteiger partial charge is 0.457 e. The van der Waals surface area contributed by atoms with Gasteiger partial charge < -0.3 is 9.64 Å². The minimum Gasteiger partial charge on any atom is -0.457 e. The lowest BCUT2D eigenvalue weighted by Crippen LogP contribution is -2.38. The molecule has 0 unspecified atom stereocenters. The van der Waals surface area contributed by atoms with Crippen molar-refractivity contribution >= 4 is 17.3 Å². The van der Waals surface area contributed by atoms with Crippen LogP contribution >= 0.6 is 0 Å². The van der Waals surface area contributed by atoms with Gasteiger partial charge in [-0.3, -0.25) is 14.9 Å². The number of nitro benzene ring substituents is 1. The Kier molecular flexibility index (Phi) is 7.44. The van der Waals surface area contributed by atoms with E-state index >= 15 is 0 Å². The molecule has 0 aliphatic rings. The van der Waals surface area contributed by atoms with E-state index in [1.807, 2.05) is 13.8 Å². The first kappa shape index (κ1) is 22.4. The number of nitrogens with zero attached hydrogens (tertiary/aromatic N) is 4. The molecule has 0 atom stereocenters. The molecule has 0 spiro atoms. The normalized spacial score (nSPS) is 10.2. The van der Waals surface area contributed by atoms with Gasteiger partial charge in [-0.25, -0.2) is 4.98 Å². The maximum Gasteiger partial charge on any atom is 0.471 e. The first-order valence-corrected chi connectivity index (χ1v) is 7.81. The van der Waals surface area contributed by atoms with Gasteiger partial charge in [-0.2, -0.15) is 18.4 Å². The zero-order chi connectivity index (χ0) is 21.5. The fraction of sp³-hybridized carbons (Fsp3) is 0.235. The Hall–Kier alpha value is -3.68. The number of anilines is 1. The number of hydrogen-bond acceptors (Lipinski definition) is 6. The summed E-state index contributed by atoms with van der Waals surface area (Å²) in [6, 6.07) is 7.45. The quantitative estimate of drug-likeness (QED) is 0.566. The van der Waals surface area contributed by atoms with Crippen LogP contribution in [-0.4, -0.2) is 29.0 Å². The Morgan fingerprint density at radius 3 is 2.39 bits per heavy atom. The van der Waals surface area contributed by atoms with Gasteiger partial charge in [0.05, 0.1) is 11.0 Å². The van der Waals surface area contributed by atoms with Crippen LogP contribution in [0.3, 0.4) is 0 Å². The molecule has 11 heteroatoms. The second-order valence-corrected chi connectivity index (χ2v) is 4.86. The van der Waals surface area contributed by atoms with Crippen LogP contribution < -0.4 is 9.64 Å². The molecule has 148 valence electrons. The summed E-state index contributed by atoms with van der Waals surface area (Å²) in [6.45, 7) is 4.00. The molecule has 2 aromatic rings. The first-order valence-electron chi connectivity index (χ1n) is 7.81. The van der Waals surface area contributed by atoms with Crippen molar-refractivity contribution in [1.29, 1.82) is 5.26 Å². The second-order valence-electron chi connectivity index (χ2n) is 4.86. The van der Waals surface area contributed by atoms with Crippen LogP contribution in [-0.2, 0) is 4.79 Å². The number of benzene rings is 1. The van der Waals surface area contributed by atoms with Crippen LogP contribution in [0.25, 0.3) is 0 Å². The van der Waals surface area contributed by atoms with Crippen molar-refractivity contribution < 1.29 is 27.6 Å². The lowest BCUT2D eigenvalue weighted by Gasteiger charge is -2.19. The van der Waals surface area contributed by atoms with Crippen molar-refractivity contribution in [2.45, 2.75) is 20.0 Å². The van der Waals surface area contributed by atoms with Crippen LogP contribution in [0.2, 0.25) is 0 Å². The van der Waals surface area contributed by atoms with E-state index in [2.05, 4.69) is 4.98 Å². The number of carbonyl (C=O) groups excluding carboxylic acids is 1. The molecule has 0 saturated carbocycles. The summed E-state index contributed by atoms with van der Waals surface area (Å²) in [6.07, 6.45) is -3.89. The minimum absolute atomic E-state index is 0.0455. The standard InChI is InChI=1S/C15H9F3N4O4.C2H6/c1-21(14(23)15(16,17)18)12-3-2-10(7-13(12)22(24)25)26-11-4-5-20-9(6-11)8-19;1-2/h2-7H,1H3;1-2H3. The van der Waals surface area contributed by atoms with Crippen LogP contribution in [0.15, 0.2) is 36.5 Å². The molecule has 0 fully saturated rings. The number of ether oxygens (including phenoxy) is 1. The molecule has 0 bridgehead atoms. The Balaban J connectivity index is 0.00000190. The summed E-state index contributed by atoms with van der Waals surface area (Å²) in [7, 11) is 0.779. The summed E-state index contributed by atoms with van der Waals surface area (Å²) in [5, 5.41) is 20.0. The Bertz CT molecular complexity index is 910. The van der Waals surface area contributed by atoms with Crippen LogP contribution in [0, 0.1) is 21.4 Å². The highest BCUT2D eigenvalue weighted by Gasteiger charge is 2.43. The monoisotopic (exact) mass is 396 g/mol. The molecule has 0 aliphatic heterocycles. The van der Waals surface area contributed by atoms with Gasteiger partial charge in [0.25, 0.3) is 5.69 Å². The van der Waals surface area contributed by atoms with E-state index in [4.69, 9.17) is 10.00 Å². The lowest BCUT2D eigenvalue weighted by atomic mass is 10.2. The molecule has 1 amide bonds. The Morgan fingerprint density at radius 1 is 1.25 bits per heavy atom. The van der Waals surface area contributed by atoms with Gasteiger partial charge in [0.2, 0.25) is 0 Å². The third-order valence-electron chi connectivity index (χ3n) is 3.13. The van der Waals surface area contributed by atoms with Crippen molar-refractivity contribution in [1.82, 2.24) is 4.98 Å². The Morgan fingerprint density at radius 2 is 1.86 bits per heavy atom. The number of hydrogen-bond donors (Lipinski definition) is 0. The molecule has 2 rings (SSSR count). The van der Waals surface area contributed by atoms with E-state index in [-0.39, 0.29) is 22.1 Å². The molecular weight excluding hydrogens is 381 g/mol. The fourth-order valence-electron chi connectivity index (χ4n) is 1.97. The number of amides is 1. The number of halogens is 3. The predicted octanol–water partition coefficient (Wildman–Crippen LogP) is 4.21. The highest BCUT2D eigenvalue weighted by atomic mass is 19.4. The minimum atomic E-state index is -5.18. The third-order valence-corrected chi connectivity index (χ3v) is 3.13. The molecule has 0 aliphatic carbocycles. The number of pyridine rings is 1. The first-order chi connectivity index (χ1) is 13.1. The van der Waals surface area contributed by atoms with Crippen LogP contribution in [0.5, 0.6) is 11.5 Å². The van der Waals surface area contributed by atoms with E-state index in [9.17, 15) is 28.1 Å². The molecule has 1 aromatic heterocycles. The average molecular weight is 396 g/mol. The Labute approximate surface area is 157 Å². The predicted molar refractivity (Wildman–Crippen MR) is 92.9 cm³/mol.